The van der Waals surface area contributed by atoms with Gasteiger partial charge in [0.2, 0.25) is 0 Å². The normalized spacial score (nSPS) is 16.6. The van der Waals surface area contributed by atoms with Crippen molar-refractivity contribution in [2.45, 2.75) is 45.3 Å². The molecule has 130 valence electrons. The summed E-state index contributed by atoms with van der Waals surface area (Å²) in [6.45, 7) is 6.86. The lowest BCUT2D eigenvalue weighted by atomic mass is 10.1. The van der Waals surface area contributed by atoms with Crippen molar-refractivity contribution in [1.82, 2.24) is 24.6 Å². The molecule has 0 atom stereocenters. The first kappa shape index (κ1) is 16.9. The van der Waals surface area contributed by atoms with E-state index in [1.54, 1.807) is 4.90 Å². The molecule has 8 nitrogen and oxygen atoms in total. The van der Waals surface area contributed by atoms with Gasteiger partial charge in [0.15, 0.2) is 5.65 Å². The Labute approximate surface area is 148 Å². The van der Waals surface area contributed by atoms with Crippen LogP contribution < -0.4 is 5.73 Å². The summed E-state index contributed by atoms with van der Waals surface area (Å²) in [6.07, 6.45) is 2.75. The lowest BCUT2D eigenvalue weighted by Gasteiger charge is -2.33. The number of aromatic nitrogens is 4. The summed E-state index contributed by atoms with van der Waals surface area (Å²) in [6, 6.07) is 0.159. The number of carbonyl (C=O) groups is 1. The van der Waals surface area contributed by atoms with E-state index in [-0.39, 0.29) is 12.1 Å². The van der Waals surface area contributed by atoms with Gasteiger partial charge in [-0.1, -0.05) is 0 Å². The lowest BCUT2D eigenvalue weighted by molar-refractivity contribution is 0.0186. The Kier molecular flexibility index (Phi) is 4.37. The maximum atomic E-state index is 12.2. The van der Waals surface area contributed by atoms with Crippen molar-refractivity contribution in [1.29, 1.82) is 0 Å². The van der Waals surface area contributed by atoms with Crippen LogP contribution in [0, 0.1) is 0 Å². The van der Waals surface area contributed by atoms with Crippen LogP contribution in [0.1, 0.15) is 39.7 Å². The number of nitrogens with two attached hydrogens (primary N) is 1. The molecule has 2 N–H and O–H groups in total. The molecule has 1 amide bonds. The maximum absolute atomic E-state index is 12.2. The van der Waals surface area contributed by atoms with Crippen molar-refractivity contribution in [3.05, 3.63) is 10.9 Å². The Balaban J connectivity index is 1.74. The third kappa shape index (κ3) is 3.31. The van der Waals surface area contributed by atoms with Gasteiger partial charge in [0.05, 0.1) is 11.4 Å². The lowest BCUT2D eigenvalue weighted by Crippen LogP contribution is -2.42. The summed E-state index contributed by atoms with van der Waals surface area (Å²) < 4.78 is 7.95. The Hall–Kier alpha value is -1.90. The molecule has 9 heteroatoms. The summed E-state index contributed by atoms with van der Waals surface area (Å²) in [5.41, 5.74) is 6.15. The number of ether oxygens (including phenoxy) is 1. The molecule has 1 saturated heterocycles. The van der Waals surface area contributed by atoms with Crippen molar-refractivity contribution in [3.63, 3.8) is 0 Å². The van der Waals surface area contributed by atoms with E-state index >= 15 is 0 Å². The number of halogens is 1. The van der Waals surface area contributed by atoms with Gasteiger partial charge in [-0.3, -0.25) is 0 Å². The van der Waals surface area contributed by atoms with Crippen LogP contribution in [0.2, 0.25) is 0 Å². The predicted molar refractivity (Wildman–Crippen MR) is 93.5 cm³/mol. The number of nitrogen functional groups attached to an aromatic ring is 1. The van der Waals surface area contributed by atoms with E-state index in [0.29, 0.717) is 29.2 Å². The highest BCUT2D eigenvalue weighted by Crippen LogP contribution is 2.31. The number of likely N-dealkylation sites (tertiary alicyclic amines) is 1. The average Bonchev–Trinajstić information content (AvgIpc) is 2.84. The second-order valence-electron chi connectivity index (χ2n) is 6.89. The standard InChI is InChI=1S/C15H21BrN6O2/c1-15(2,3)24-14(23)21-6-4-9(5-7-21)22-13-10(11(16)20-22)12(17)18-8-19-13/h8-9H,4-7H2,1-3H3,(H2,17,18,19). The van der Waals surface area contributed by atoms with Crippen molar-refractivity contribution < 1.29 is 9.53 Å². The van der Waals surface area contributed by atoms with Crippen molar-refractivity contribution in [2.24, 2.45) is 0 Å². The summed E-state index contributed by atoms with van der Waals surface area (Å²) >= 11 is 3.43. The van der Waals surface area contributed by atoms with E-state index in [1.165, 1.54) is 6.33 Å². The number of fused-ring (bicyclic) bond motifs is 1. The summed E-state index contributed by atoms with van der Waals surface area (Å²) in [7, 11) is 0. The number of carbonyl (C=O) groups excluding carboxylic acids is 1. The number of rotatable bonds is 1. The third-order valence-electron chi connectivity index (χ3n) is 3.94. The Morgan fingerprint density at radius 1 is 1.33 bits per heavy atom. The Morgan fingerprint density at radius 3 is 2.62 bits per heavy atom. The zero-order valence-corrected chi connectivity index (χ0v) is 15.6. The first-order chi connectivity index (χ1) is 11.3. The molecule has 0 spiro atoms. The van der Waals surface area contributed by atoms with Crippen molar-refractivity contribution in [2.75, 3.05) is 18.8 Å². The molecule has 0 radical (unpaired) electrons. The zero-order valence-electron chi connectivity index (χ0n) is 14.0. The van der Waals surface area contributed by atoms with Gasteiger partial charge < -0.3 is 15.4 Å². The SMILES string of the molecule is CC(C)(C)OC(=O)N1CCC(n2nc(Br)c3c(N)ncnc32)CC1. The molecule has 0 unspecified atom stereocenters. The summed E-state index contributed by atoms with van der Waals surface area (Å²) in [4.78, 5) is 22.2. The van der Waals surface area contributed by atoms with Gasteiger partial charge in [0.1, 0.15) is 22.3 Å². The van der Waals surface area contributed by atoms with E-state index in [1.807, 2.05) is 25.5 Å². The van der Waals surface area contributed by atoms with E-state index < -0.39 is 5.60 Å². The highest BCUT2D eigenvalue weighted by atomic mass is 79.9. The molecule has 2 aromatic heterocycles. The number of piperidine rings is 1. The van der Waals surface area contributed by atoms with E-state index in [0.717, 1.165) is 18.2 Å². The second-order valence-corrected chi connectivity index (χ2v) is 7.64. The van der Waals surface area contributed by atoms with Crippen LogP contribution in [0.25, 0.3) is 11.0 Å². The monoisotopic (exact) mass is 396 g/mol. The molecule has 24 heavy (non-hydrogen) atoms. The van der Waals surface area contributed by atoms with E-state index in [2.05, 4.69) is 31.0 Å². The minimum atomic E-state index is -0.481. The van der Waals surface area contributed by atoms with Crippen LogP contribution in [-0.4, -0.2) is 49.4 Å². The van der Waals surface area contributed by atoms with Crippen LogP contribution >= 0.6 is 15.9 Å². The minimum Gasteiger partial charge on any atom is -0.444 e. The average molecular weight is 397 g/mol. The van der Waals surface area contributed by atoms with Crippen LogP contribution in [-0.2, 0) is 4.74 Å². The van der Waals surface area contributed by atoms with Crippen LogP contribution in [0.15, 0.2) is 10.9 Å². The van der Waals surface area contributed by atoms with Gasteiger partial charge in [0, 0.05) is 13.1 Å². The van der Waals surface area contributed by atoms with Crippen molar-refractivity contribution >= 4 is 38.9 Å². The molecular formula is C15H21BrN6O2. The molecule has 3 rings (SSSR count). The highest BCUT2D eigenvalue weighted by molar-refractivity contribution is 9.10. The first-order valence-electron chi connectivity index (χ1n) is 7.88. The second kappa shape index (κ2) is 6.19. The molecule has 0 saturated carbocycles. The fraction of sp³-hybridized carbons (Fsp3) is 0.600. The van der Waals surface area contributed by atoms with Crippen LogP contribution in [0.5, 0.6) is 0 Å². The number of hydrogen-bond donors (Lipinski definition) is 1. The fourth-order valence-corrected chi connectivity index (χ4v) is 3.38. The summed E-state index contributed by atoms with van der Waals surface area (Å²) in [5.74, 6) is 0.407. The summed E-state index contributed by atoms with van der Waals surface area (Å²) in [5, 5.41) is 5.25. The minimum absolute atomic E-state index is 0.159. The zero-order chi connectivity index (χ0) is 17.5. The van der Waals surface area contributed by atoms with Gasteiger partial charge in [-0.25, -0.2) is 19.4 Å². The van der Waals surface area contributed by atoms with E-state index in [4.69, 9.17) is 10.5 Å². The largest absolute Gasteiger partial charge is 0.444 e. The molecule has 2 aromatic rings. The number of anilines is 1. The van der Waals surface area contributed by atoms with Crippen LogP contribution in [0.4, 0.5) is 10.6 Å². The van der Waals surface area contributed by atoms with Gasteiger partial charge in [-0.15, -0.1) is 0 Å². The number of nitrogens with zero attached hydrogens (tertiary/aromatic N) is 5. The molecule has 0 aliphatic carbocycles. The molecular weight excluding hydrogens is 376 g/mol. The molecule has 0 aromatic carbocycles. The quantitative estimate of drug-likeness (QED) is 0.795. The number of hydrogen-bond acceptors (Lipinski definition) is 6. The molecule has 1 fully saturated rings. The molecule has 1 aliphatic rings. The van der Waals surface area contributed by atoms with Crippen LogP contribution in [0.3, 0.4) is 0 Å². The molecule has 3 heterocycles. The topological polar surface area (TPSA) is 99.2 Å². The molecule has 0 bridgehead atoms. The van der Waals surface area contributed by atoms with Crippen molar-refractivity contribution in [3.8, 4) is 0 Å². The van der Waals surface area contributed by atoms with Gasteiger partial charge in [-0.2, -0.15) is 5.10 Å². The fourth-order valence-electron chi connectivity index (χ4n) is 2.83. The smallest absolute Gasteiger partial charge is 0.410 e. The maximum Gasteiger partial charge on any atom is 0.410 e. The third-order valence-corrected chi connectivity index (χ3v) is 4.49. The first-order valence-corrected chi connectivity index (χ1v) is 8.67. The van der Waals surface area contributed by atoms with Gasteiger partial charge in [-0.05, 0) is 49.5 Å². The molecule has 1 aliphatic heterocycles. The predicted octanol–water partition coefficient (Wildman–Crippen LogP) is 2.74. The number of amides is 1. The Morgan fingerprint density at radius 2 is 2.00 bits per heavy atom. The van der Waals surface area contributed by atoms with E-state index in [9.17, 15) is 4.79 Å². The highest BCUT2D eigenvalue weighted by Gasteiger charge is 2.29. The van der Waals surface area contributed by atoms with Gasteiger partial charge >= 0.3 is 6.09 Å². The Bertz CT molecular complexity index is 761. The van der Waals surface area contributed by atoms with Gasteiger partial charge in [0.25, 0.3) is 0 Å².